The molecule has 0 fully saturated rings. The minimum atomic E-state index is 0.286. The summed E-state index contributed by atoms with van der Waals surface area (Å²) >= 11 is 0. The average molecular weight is 235 g/mol. The molecule has 1 aromatic rings. The van der Waals surface area contributed by atoms with Crippen LogP contribution in [0.4, 0.5) is 11.4 Å². The number of pyridine rings is 1. The molecule has 3 nitrogen and oxygen atoms in total. The molecule has 0 amide bonds. The van der Waals surface area contributed by atoms with E-state index in [0.717, 1.165) is 24.5 Å². The van der Waals surface area contributed by atoms with Crippen molar-refractivity contribution >= 4 is 11.4 Å². The van der Waals surface area contributed by atoms with Crippen LogP contribution in [0.3, 0.4) is 0 Å². The van der Waals surface area contributed by atoms with E-state index in [1.54, 1.807) is 0 Å². The van der Waals surface area contributed by atoms with Gasteiger partial charge in [-0.2, -0.15) is 0 Å². The van der Waals surface area contributed by atoms with Gasteiger partial charge in [0.05, 0.1) is 23.8 Å². The van der Waals surface area contributed by atoms with Gasteiger partial charge in [0.15, 0.2) is 0 Å². The molecule has 1 heterocycles. The SMILES string of the molecule is CCNc1cncc(NCC(C)(C)C(C)C)c1. The van der Waals surface area contributed by atoms with Gasteiger partial charge < -0.3 is 10.6 Å². The van der Waals surface area contributed by atoms with Crippen LogP contribution in [-0.2, 0) is 0 Å². The molecule has 0 aliphatic heterocycles. The maximum atomic E-state index is 4.22. The Morgan fingerprint density at radius 3 is 2.29 bits per heavy atom. The topological polar surface area (TPSA) is 37.0 Å². The third kappa shape index (κ3) is 4.25. The van der Waals surface area contributed by atoms with E-state index in [-0.39, 0.29) is 5.41 Å². The van der Waals surface area contributed by atoms with Gasteiger partial charge in [-0.15, -0.1) is 0 Å². The van der Waals surface area contributed by atoms with Gasteiger partial charge in [-0.3, -0.25) is 4.98 Å². The zero-order valence-electron chi connectivity index (χ0n) is 11.7. The summed E-state index contributed by atoms with van der Waals surface area (Å²) in [6.45, 7) is 13.1. The van der Waals surface area contributed by atoms with Crippen LogP contribution in [0, 0.1) is 11.3 Å². The molecule has 0 aliphatic carbocycles. The first-order valence-electron chi connectivity index (χ1n) is 6.38. The van der Waals surface area contributed by atoms with E-state index in [1.165, 1.54) is 0 Å². The molecule has 1 rings (SSSR count). The quantitative estimate of drug-likeness (QED) is 0.791. The van der Waals surface area contributed by atoms with Crippen molar-refractivity contribution in [3.05, 3.63) is 18.5 Å². The minimum Gasteiger partial charge on any atom is -0.384 e. The first kappa shape index (κ1) is 13.8. The molecule has 2 N–H and O–H groups in total. The molecular weight excluding hydrogens is 210 g/mol. The highest BCUT2D eigenvalue weighted by atomic mass is 14.9. The van der Waals surface area contributed by atoms with Crippen LogP contribution in [0.1, 0.15) is 34.6 Å². The first-order chi connectivity index (χ1) is 7.95. The van der Waals surface area contributed by atoms with Crippen LogP contribution >= 0.6 is 0 Å². The zero-order chi connectivity index (χ0) is 12.9. The molecule has 17 heavy (non-hydrogen) atoms. The average Bonchev–Trinajstić information content (AvgIpc) is 2.27. The lowest BCUT2D eigenvalue weighted by molar-refractivity contribution is 0.269. The highest BCUT2D eigenvalue weighted by Crippen LogP contribution is 2.26. The molecule has 3 heteroatoms. The molecule has 0 saturated heterocycles. The third-order valence-corrected chi connectivity index (χ3v) is 3.43. The minimum absolute atomic E-state index is 0.286. The maximum absolute atomic E-state index is 4.22. The van der Waals surface area contributed by atoms with Gasteiger partial charge in [-0.1, -0.05) is 27.7 Å². The van der Waals surface area contributed by atoms with E-state index in [0.29, 0.717) is 5.92 Å². The van der Waals surface area contributed by atoms with Crippen LogP contribution in [0.15, 0.2) is 18.5 Å². The van der Waals surface area contributed by atoms with Crippen molar-refractivity contribution in [1.82, 2.24) is 4.98 Å². The molecule has 0 bridgehead atoms. The Kier molecular flexibility index (Phi) is 4.79. The molecule has 0 radical (unpaired) electrons. The number of aromatic nitrogens is 1. The fourth-order valence-corrected chi connectivity index (χ4v) is 1.37. The van der Waals surface area contributed by atoms with Crippen molar-refractivity contribution in [2.45, 2.75) is 34.6 Å². The molecule has 0 spiro atoms. The molecular formula is C14H25N3. The summed E-state index contributed by atoms with van der Waals surface area (Å²) < 4.78 is 0. The van der Waals surface area contributed by atoms with Gasteiger partial charge in [0.2, 0.25) is 0 Å². The summed E-state index contributed by atoms with van der Waals surface area (Å²) in [7, 11) is 0. The summed E-state index contributed by atoms with van der Waals surface area (Å²) in [6.07, 6.45) is 3.72. The number of anilines is 2. The van der Waals surface area contributed by atoms with Crippen molar-refractivity contribution in [3.8, 4) is 0 Å². The van der Waals surface area contributed by atoms with E-state index in [1.807, 2.05) is 12.4 Å². The standard InChI is InChI=1S/C14H25N3/c1-6-16-12-7-13(9-15-8-12)17-10-14(4,5)11(2)3/h7-9,11,16-17H,6,10H2,1-5H3. The fraction of sp³-hybridized carbons (Fsp3) is 0.643. The van der Waals surface area contributed by atoms with Crippen molar-refractivity contribution in [1.29, 1.82) is 0 Å². The highest BCUT2D eigenvalue weighted by molar-refractivity contribution is 5.53. The van der Waals surface area contributed by atoms with Gasteiger partial charge >= 0.3 is 0 Å². The van der Waals surface area contributed by atoms with E-state index in [2.05, 4.69) is 56.3 Å². The van der Waals surface area contributed by atoms with Crippen LogP contribution in [0.2, 0.25) is 0 Å². The molecule has 0 unspecified atom stereocenters. The summed E-state index contributed by atoms with van der Waals surface area (Å²) in [5.41, 5.74) is 2.44. The Hall–Kier alpha value is -1.25. The number of hydrogen-bond donors (Lipinski definition) is 2. The van der Waals surface area contributed by atoms with Gasteiger partial charge in [-0.05, 0) is 24.3 Å². The van der Waals surface area contributed by atoms with E-state index >= 15 is 0 Å². The van der Waals surface area contributed by atoms with Crippen LogP contribution in [0.25, 0.3) is 0 Å². The Morgan fingerprint density at radius 2 is 1.76 bits per heavy atom. The summed E-state index contributed by atoms with van der Waals surface area (Å²) in [5, 5.41) is 6.73. The third-order valence-electron chi connectivity index (χ3n) is 3.43. The summed E-state index contributed by atoms with van der Waals surface area (Å²) in [4.78, 5) is 4.22. The lowest BCUT2D eigenvalue weighted by atomic mass is 9.81. The van der Waals surface area contributed by atoms with Crippen molar-refractivity contribution in [2.75, 3.05) is 23.7 Å². The summed E-state index contributed by atoms with van der Waals surface area (Å²) in [6, 6.07) is 2.10. The van der Waals surface area contributed by atoms with Crippen molar-refractivity contribution in [2.24, 2.45) is 11.3 Å². The Bertz CT molecular complexity index is 345. The number of nitrogens with zero attached hydrogens (tertiary/aromatic N) is 1. The zero-order valence-corrected chi connectivity index (χ0v) is 11.7. The second-order valence-corrected chi connectivity index (χ2v) is 5.49. The number of hydrogen-bond acceptors (Lipinski definition) is 3. The maximum Gasteiger partial charge on any atom is 0.0547 e. The van der Waals surface area contributed by atoms with Crippen molar-refractivity contribution in [3.63, 3.8) is 0 Å². The Morgan fingerprint density at radius 1 is 1.18 bits per heavy atom. The molecule has 1 aromatic heterocycles. The monoisotopic (exact) mass is 235 g/mol. The smallest absolute Gasteiger partial charge is 0.0547 e. The van der Waals surface area contributed by atoms with Crippen molar-refractivity contribution < 1.29 is 0 Å². The lowest BCUT2D eigenvalue weighted by Gasteiger charge is -2.29. The summed E-state index contributed by atoms with van der Waals surface area (Å²) in [5.74, 6) is 0.653. The normalized spacial score (nSPS) is 11.6. The van der Waals surface area contributed by atoms with Crippen LogP contribution in [0.5, 0.6) is 0 Å². The second kappa shape index (κ2) is 5.89. The molecule has 0 aliphatic rings. The first-order valence-corrected chi connectivity index (χ1v) is 6.38. The van der Waals surface area contributed by atoms with E-state index in [9.17, 15) is 0 Å². The Labute approximate surface area is 105 Å². The number of nitrogens with one attached hydrogen (secondary N) is 2. The molecule has 0 atom stereocenters. The van der Waals surface area contributed by atoms with E-state index < -0.39 is 0 Å². The predicted molar refractivity (Wildman–Crippen MR) is 75.5 cm³/mol. The fourth-order valence-electron chi connectivity index (χ4n) is 1.37. The van der Waals surface area contributed by atoms with E-state index in [4.69, 9.17) is 0 Å². The lowest BCUT2D eigenvalue weighted by Crippen LogP contribution is -2.28. The van der Waals surface area contributed by atoms with Gasteiger partial charge in [-0.25, -0.2) is 0 Å². The molecule has 0 aromatic carbocycles. The van der Waals surface area contributed by atoms with Crippen LogP contribution < -0.4 is 10.6 Å². The Balaban J connectivity index is 2.60. The van der Waals surface area contributed by atoms with Gasteiger partial charge in [0.25, 0.3) is 0 Å². The van der Waals surface area contributed by atoms with Gasteiger partial charge in [0.1, 0.15) is 0 Å². The highest BCUT2D eigenvalue weighted by Gasteiger charge is 2.21. The van der Waals surface area contributed by atoms with Gasteiger partial charge in [0, 0.05) is 13.1 Å². The predicted octanol–water partition coefficient (Wildman–Crippen LogP) is 3.61. The van der Waals surface area contributed by atoms with Crippen LogP contribution in [-0.4, -0.2) is 18.1 Å². The largest absolute Gasteiger partial charge is 0.384 e. The second-order valence-electron chi connectivity index (χ2n) is 5.49. The number of rotatable bonds is 6. The molecule has 96 valence electrons. The molecule has 0 saturated carbocycles.